The van der Waals surface area contributed by atoms with Gasteiger partial charge in [0.15, 0.2) is 0 Å². The minimum atomic E-state index is -0.549. The molecule has 0 fully saturated rings. The van der Waals surface area contributed by atoms with Gasteiger partial charge >= 0.3 is 0 Å². The smallest absolute Gasteiger partial charge is 0.258 e. The van der Waals surface area contributed by atoms with E-state index in [4.69, 9.17) is 5.73 Å². The molecular formula is C16H16BrFN2O. The first-order valence-electron chi connectivity index (χ1n) is 6.43. The zero-order valence-electron chi connectivity index (χ0n) is 12.1. The van der Waals surface area contributed by atoms with Gasteiger partial charge in [0.2, 0.25) is 0 Å². The molecule has 0 aliphatic rings. The number of aryl methyl sites for hydroxylation is 3. The normalized spacial score (nSPS) is 10.5. The van der Waals surface area contributed by atoms with Gasteiger partial charge in [0.25, 0.3) is 5.91 Å². The van der Waals surface area contributed by atoms with E-state index in [-0.39, 0.29) is 5.56 Å². The molecule has 0 radical (unpaired) electrons. The second-order valence-electron chi connectivity index (χ2n) is 5.08. The number of nitrogens with one attached hydrogen (secondary N) is 1. The minimum Gasteiger partial charge on any atom is -0.399 e. The van der Waals surface area contributed by atoms with Crippen molar-refractivity contribution >= 4 is 33.2 Å². The van der Waals surface area contributed by atoms with E-state index in [9.17, 15) is 9.18 Å². The minimum absolute atomic E-state index is 0.0503. The predicted molar refractivity (Wildman–Crippen MR) is 87.1 cm³/mol. The second kappa shape index (κ2) is 5.85. The van der Waals surface area contributed by atoms with Crippen LogP contribution in [0.1, 0.15) is 27.0 Å². The molecule has 110 valence electrons. The maximum atomic E-state index is 14.0. The number of hydrogen-bond acceptors (Lipinski definition) is 2. The zero-order valence-corrected chi connectivity index (χ0v) is 13.6. The molecule has 0 saturated heterocycles. The number of benzene rings is 2. The molecule has 2 rings (SSSR count). The summed E-state index contributed by atoms with van der Waals surface area (Å²) in [5, 5.41) is 2.71. The van der Waals surface area contributed by atoms with E-state index in [0.717, 1.165) is 15.6 Å². The number of amides is 1. The Kier molecular flexibility index (Phi) is 4.32. The van der Waals surface area contributed by atoms with E-state index in [1.54, 1.807) is 6.92 Å². The van der Waals surface area contributed by atoms with Crippen LogP contribution < -0.4 is 11.1 Å². The van der Waals surface area contributed by atoms with Gasteiger partial charge in [-0.25, -0.2) is 4.39 Å². The molecule has 0 heterocycles. The van der Waals surface area contributed by atoms with Gasteiger partial charge in [-0.05, 0) is 61.7 Å². The molecule has 3 N–H and O–H groups in total. The van der Waals surface area contributed by atoms with E-state index in [0.29, 0.717) is 16.9 Å². The topological polar surface area (TPSA) is 55.1 Å². The monoisotopic (exact) mass is 350 g/mol. The number of hydrogen-bond donors (Lipinski definition) is 2. The van der Waals surface area contributed by atoms with Crippen LogP contribution in [-0.2, 0) is 0 Å². The molecule has 0 aliphatic carbocycles. The largest absolute Gasteiger partial charge is 0.399 e. The molecule has 0 bridgehead atoms. The Balaban J connectivity index is 2.35. The van der Waals surface area contributed by atoms with E-state index < -0.39 is 11.7 Å². The molecule has 0 spiro atoms. The van der Waals surface area contributed by atoms with Crippen LogP contribution in [0.15, 0.2) is 28.7 Å². The Bertz CT molecular complexity index is 705. The third-order valence-corrected chi connectivity index (χ3v) is 4.47. The fraction of sp³-hybridized carbons (Fsp3) is 0.188. The molecule has 3 nitrogen and oxygen atoms in total. The predicted octanol–water partition coefficient (Wildman–Crippen LogP) is 4.35. The molecule has 0 unspecified atom stereocenters. The maximum Gasteiger partial charge on any atom is 0.258 e. The first-order chi connectivity index (χ1) is 9.79. The number of carbonyl (C=O) groups is 1. The Morgan fingerprint density at radius 2 is 1.67 bits per heavy atom. The van der Waals surface area contributed by atoms with Crippen LogP contribution in [0.25, 0.3) is 0 Å². The molecule has 2 aromatic carbocycles. The first-order valence-corrected chi connectivity index (χ1v) is 7.22. The van der Waals surface area contributed by atoms with Crippen molar-refractivity contribution < 1.29 is 9.18 Å². The summed E-state index contributed by atoms with van der Waals surface area (Å²) in [7, 11) is 0. The summed E-state index contributed by atoms with van der Waals surface area (Å²) < 4.78 is 15.0. The van der Waals surface area contributed by atoms with E-state index in [2.05, 4.69) is 21.2 Å². The third-order valence-electron chi connectivity index (χ3n) is 3.22. The van der Waals surface area contributed by atoms with Crippen molar-refractivity contribution in [2.75, 3.05) is 11.1 Å². The summed E-state index contributed by atoms with van der Waals surface area (Å²) >= 11 is 3.47. The Hall–Kier alpha value is -1.88. The van der Waals surface area contributed by atoms with Gasteiger partial charge in [0.05, 0.1) is 5.56 Å². The van der Waals surface area contributed by atoms with Crippen LogP contribution in [0.2, 0.25) is 0 Å². The van der Waals surface area contributed by atoms with Crippen molar-refractivity contribution in [1.82, 2.24) is 0 Å². The van der Waals surface area contributed by atoms with Crippen LogP contribution in [0.4, 0.5) is 15.8 Å². The SMILES string of the molecule is Cc1cc(N)cc(C(=O)Nc2cc(C)c(Br)c(C)c2)c1F. The Morgan fingerprint density at radius 3 is 2.24 bits per heavy atom. The highest BCUT2D eigenvalue weighted by Gasteiger charge is 2.15. The summed E-state index contributed by atoms with van der Waals surface area (Å²) in [4.78, 5) is 12.2. The fourth-order valence-electron chi connectivity index (χ4n) is 2.18. The lowest BCUT2D eigenvalue weighted by Crippen LogP contribution is -2.15. The lowest BCUT2D eigenvalue weighted by molar-refractivity contribution is 0.102. The number of nitrogens with two attached hydrogens (primary N) is 1. The van der Waals surface area contributed by atoms with E-state index in [1.807, 2.05) is 26.0 Å². The van der Waals surface area contributed by atoms with Crippen molar-refractivity contribution in [2.45, 2.75) is 20.8 Å². The molecule has 0 aliphatic heterocycles. The summed E-state index contributed by atoms with van der Waals surface area (Å²) in [6.07, 6.45) is 0. The Morgan fingerprint density at radius 1 is 1.10 bits per heavy atom. The van der Waals surface area contributed by atoms with Crippen molar-refractivity contribution in [3.8, 4) is 0 Å². The highest BCUT2D eigenvalue weighted by molar-refractivity contribution is 9.10. The average Bonchev–Trinajstić information content (AvgIpc) is 2.39. The zero-order chi connectivity index (χ0) is 15.7. The molecule has 21 heavy (non-hydrogen) atoms. The summed E-state index contributed by atoms with van der Waals surface area (Å²) in [5.41, 5.74) is 8.95. The van der Waals surface area contributed by atoms with E-state index >= 15 is 0 Å². The number of rotatable bonds is 2. The fourth-order valence-corrected chi connectivity index (χ4v) is 2.41. The lowest BCUT2D eigenvalue weighted by atomic mass is 10.1. The molecular weight excluding hydrogens is 335 g/mol. The standard InChI is InChI=1S/C16H16BrFN2O/c1-8-5-12(6-9(2)14(8)17)20-16(21)13-7-11(19)4-10(3)15(13)18/h4-7H,19H2,1-3H3,(H,20,21). The lowest BCUT2D eigenvalue weighted by Gasteiger charge is -2.11. The van der Waals surface area contributed by atoms with Crippen molar-refractivity contribution in [3.63, 3.8) is 0 Å². The molecule has 0 atom stereocenters. The van der Waals surface area contributed by atoms with Crippen LogP contribution in [0, 0.1) is 26.6 Å². The second-order valence-corrected chi connectivity index (χ2v) is 5.87. The molecule has 2 aromatic rings. The van der Waals surface area contributed by atoms with Crippen LogP contribution in [-0.4, -0.2) is 5.91 Å². The van der Waals surface area contributed by atoms with Crippen molar-refractivity contribution in [1.29, 1.82) is 0 Å². The van der Waals surface area contributed by atoms with Crippen LogP contribution in [0.5, 0.6) is 0 Å². The number of carbonyl (C=O) groups excluding carboxylic acids is 1. The van der Waals surface area contributed by atoms with Crippen LogP contribution in [0.3, 0.4) is 0 Å². The number of nitrogen functional groups attached to an aromatic ring is 1. The molecule has 5 heteroatoms. The third kappa shape index (κ3) is 3.24. The molecule has 0 saturated carbocycles. The van der Waals surface area contributed by atoms with Gasteiger partial charge < -0.3 is 11.1 Å². The van der Waals surface area contributed by atoms with Crippen molar-refractivity contribution in [2.24, 2.45) is 0 Å². The average molecular weight is 351 g/mol. The van der Waals surface area contributed by atoms with Gasteiger partial charge in [-0.3, -0.25) is 4.79 Å². The van der Waals surface area contributed by atoms with Gasteiger partial charge in [-0.2, -0.15) is 0 Å². The highest BCUT2D eigenvalue weighted by Crippen LogP contribution is 2.26. The molecule has 1 amide bonds. The van der Waals surface area contributed by atoms with Gasteiger partial charge in [-0.1, -0.05) is 15.9 Å². The molecule has 0 aromatic heterocycles. The summed E-state index contributed by atoms with van der Waals surface area (Å²) in [6, 6.07) is 6.49. The van der Waals surface area contributed by atoms with E-state index in [1.165, 1.54) is 12.1 Å². The highest BCUT2D eigenvalue weighted by atomic mass is 79.9. The number of halogens is 2. The number of anilines is 2. The first kappa shape index (κ1) is 15.5. The van der Waals surface area contributed by atoms with Crippen LogP contribution >= 0.6 is 15.9 Å². The van der Waals surface area contributed by atoms with Gasteiger partial charge in [0, 0.05) is 15.8 Å². The van der Waals surface area contributed by atoms with Crippen molar-refractivity contribution in [3.05, 3.63) is 56.8 Å². The summed E-state index contributed by atoms with van der Waals surface area (Å²) in [6.45, 7) is 5.44. The maximum absolute atomic E-state index is 14.0. The Labute approximate surface area is 131 Å². The quantitative estimate of drug-likeness (QED) is 0.791. The summed E-state index contributed by atoms with van der Waals surface area (Å²) in [5.74, 6) is -1.06. The van der Waals surface area contributed by atoms with Gasteiger partial charge in [-0.15, -0.1) is 0 Å². The van der Waals surface area contributed by atoms with Gasteiger partial charge in [0.1, 0.15) is 5.82 Å².